The van der Waals surface area contributed by atoms with Gasteiger partial charge < -0.3 is 20.3 Å². The van der Waals surface area contributed by atoms with E-state index < -0.39 is 12.1 Å². The third-order valence-corrected chi connectivity index (χ3v) is 16.6. The van der Waals surface area contributed by atoms with Gasteiger partial charge in [0.25, 0.3) is 0 Å². The van der Waals surface area contributed by atoms with Crippen molar-refractivity contribution >= 4 is 11.9 Å². The van der Waals surface area contributed by atoms with Gasteiger partial charge in [-0.1, -0.05) is 347 Å². The largest absolute Gasteiger partial charge is 0.466 e. The number of ether oxygens (including phenoxy) is 1. The molecule has 2 unspecified atom stereocenters. The van der Waals surface area contributed by atoms with Crippen molar-refractivity contribution < 1.29 is 24.5 Å². The predicted molar refractivity (Wildman–Crippen MR) is 333 cm³/mol. The Balaban J connectivity index is 3.29. The summed E-state index contributed by atoms with van der Waals surface area (Å²) in [5.41, 5.74) is 0. The van der Waals surface area contributed by atoms with Crippen LogP contribution in [0.15, 0.2) is 12.2 Å². The highest BCUT2D eigenvalue weighted by molar-refractivity contribution is 5.76. The average molecular weight is 1070 g/mol. The van der Waals surface area contributed by atoms with E-state index in [9.17, 15) is 19.8 Å². The Morgan fingerprint density at radius 1 is 0.355 bits per heavy atom. The van der Waals surface area contributed by atoms with E-state index in [4.69, 9.17) is 4.74 Å². The first kappa shape index (κ1) is 74.6. The number of unbranched alkanes of at least 4 members (excludes halogenated alkanes) is 53. The van der Waals surface area contributed by atoms with Gasteiger partial charge in [0.05, 0.1) is 25.4 Å². The van der Waals surface area contributed by atoms with Gasteiger partial charge in [0.15, 0.2) is 0 Å². The van der Waals surface area contributed by atoms with Crippen LogP contribution < -0.4 is 5.32 Å². The van der Waals surface area contributed by atoms with Crippen LogP contribution in [0.3, 0.4) is 0 Å². The number of aliphatic hydroxyl groups is 2. The van der Waals surface area contributed by atoms with Crippen LogP contribution >= 0.6 is 0 Å². The van der Waals surface area contributed by atoms with Gasteiger partial charge in [-0.3, -0.25) is 9.59 Å². The Kier molecular flexibility index (Phi) is 64.9. The summed E-state index contributed by atoms with van der Waals surface area (Å²) < 4.78 is 5.49. The minimum Gasteiger partial charge on any atom is -0.466 e. The van der Waals surface area contributed by atoms with Crippen molar-refractivity contribution in [1.82, 2.24) is 5.32 Å². The van der Waals surface area contributed by atoms with Crippen LogP contribution in [-0.2, 0) is 14.3 Å². The van der Waals surface area contributed by atoms with E-state index in [-0.39, 0.29) is 18.5 Å². The van der Waals surface area contributed by atoms with Crippen LogP contribution in [0.1, 0.15) is 399 Å². The summed E-state index contributed by atoms with van der Waals surface area (Å²) in [5.74, 6) is -0.0146. The molecule has 2 atom stereocenters. The fourth-order valence-corrected chi connectivity index (χ4v) is 11.2. The lowest BCUT2D eigenvalue weighted by atomic mass is 10.0. The summed E-state index contributed by atoms with van der Waals surface area (Å²) >= 11 is 0. The summed E-state index contributed by atoms with van der Waals surface area (Å²) in [6.45, 7) is 4.97. The van der Waals surface area contributed by atoms with Crippen molar-refractivity contribution in [2.45, 2.75) is 411 Å². The number of carbonyl (C=O) groups excluding carboxylic acids is 2. The number of amides is 1. The molecule has 0 radical (unpaired) electrons. The van der Waals surface area contributed by atoms with E-state index in [2.05, 4.69) is 31.3 Å². The normalized spacial score (nSPS) is 12.5. The van der Waals surface area contributed by atoms with Gasteiger partial charge in [-0.25, -0.2) is 0 Å². The van der Waals surface area contributed by atoms with Gasteiger partial charge in [0.2, 0.25) is 5.91 Å². The number of allylic oxidation sites excluding steroid dienone is 2. The van der Waals surface area contributed by atoms with Crippen molar-refractivity contribution in [3.8, 4) is 0 Å². The Morgan fingerprint density at radius 3 is 0.934 bits per heavy atom. The first-order valence-electron chi connectivity index (χ1n) is 34.9. The van der Waals surface area contributed by atoms with E-state index in [1.165, 1.54) is 321 Å². The van der Waals surface area contributed by atoms with Gasteiger partial charge in [-0.2, -0.15) is 0 Å². The fraction of sp³-hybridized carbons (Fsp3) is 0.943. The minimum absolute atomic E-state index is 0.0140. The number of hydrogen-bond donors (Lipinski definition) is 3. The SMILES string of the molecule is CCCCCCCC/C=C\CCCCCCCC(=O)OCCCCCCCCCCCCCCCCCCCCCCCCCCCCCCCCCCC(=O)NC(CO)C(O)CCCCCCCCCCCCCC. The molecular weight excluding hydrogens is 935 g/mol. The summed E-state index contributed by atoms with van der Waals surface area (Å²) in [6.07, 6.45) is 81.3. The maximum atomic E-state index is 12.5. The van der Waals surface area contributed by atoms with E-state index in [0.717, 1.165) is 44.9 Å². The van der Waals surface area contributed by atoms with Crippen LogP contribution in [0, 0.1) is 0 Å². The summed E-state index contributed by atoms with van der Waals surface area (Å²) in [7, 11) is 0. The Hall–Kier alpha value is -1.40. The highest BCUT2D eigenvalue weighted by atomic mass is 16.5. The van der Waals surface area contributed by atoms with Crippen LogP contribution in [0.25, 0.3) is 0 Å². The smallest absolute Gasteiger partial charge is 0.305 e. The molecule has 6 heteroatoms. The van der Waals surface area contributed by atoms with Gasteiger partial charge in [0, 0.05) is 12.8 Å². The molecule has 0 aromatic carbocycles. The lowest BCUT2D eigenvalue weighted by Crippen LogP contribution is -2.45. The van der Waals surface area contributed by atoms with Crippen LogP contribution in [0.4, 0.5) is 0 Å². The second-order valence-electron chi connectivity index (χ2n) is 24.2. The molecule has 0 aliphatic rings. The number of rotatable bonds is 66. The first-order chi connectivity index (χ1) is 37.5. The molecule has 0 fully saturated rings. The van der Waals surface area contributed by atoms with Crippen LogP contribution in [-0.4, -0.2) is 47.4 Å². The number of aliphatic hydroxyl groups excluding tert-OH is 2. The minimum atomic E-state index is -0.659. The van der Waals surface area contributed by atoms with Crippen molar-refractivity contribution in [2.24, 2.45) is 0 Å². The number of esters is 1. The topological polar surface area (TPSA) is 95.9 Å². The highest BCUT2D eigenvalue weighted by Gasteiger charge is 2.20. The molecule has 0 aromatic heterocycles. The molecule has 0 aromatic rings. The van der Waals surface area contributed by atoms with E-state index in [1.807, 2.05) is 0 Å². The third-order valence-electron chi connectivity index (χ3n) is 16.6. The molecule has 0 spiro atoms. The molecule has 0 saturated heterocycles. The van der Waals surface area contributed by atoms with E-state index in [0.29, 0.717) is 25.9 Å². The molecule has 6 nitrogen and oxygen atoms in total. The van der Waals surface area contributed by atoms with Gasteiger partial charge in [0.1, 0.15) is 0 Å². The predicted octanol–water partition coefficient (Wildman–Crippen LogP) is 22.4. The summed E-state index contributed by atoms with van der Waals surface area (Å²) in [6, 6.07) is -0.536. The molecule has 0 heterocycles. The maximum absolute atomic E-state index is 12.5. The van der Waals surface area contributed by atoms with Crippen LogP contribution in [0.5, 0.6) is 0 Å². The van der Waals surface area contributed by atoms with Gasteiger partial charge in [-0.15, -0.1) is 0 Å². The molecule has 3 N–H and O–H groups in total. The summed E-state index contributed by atoms with van der Waals surface area (Å²) in [5, 5.41) is 23.3. The average Bonchev–Trinajstić information content (AvgIpc) is 3.42. The third kappa shape index (κ3) is 61.8. The Labute approximate surface area is 476 Å². The molecule has 0 bridgehead atoms. The molecule has 0 rings (SSSR count). The molecule has 76 heavy (non-hydrogen) atoms. The van der Waals surface area contributed by atoms with Crippen molar-refractivity contribution in [1.29, 1.82) is 0 Å². The van der Waals surface area contributed by atoms with Crippen molar-refractivity contribution in [2.75, 3.05) is 13.2 Å². The first-order valence-corrected chi connectivity index (χ1v) is 34.9. The van der Waals surface area contributed by atoms with Gasteiger partial charge >= 0.3 is 5.97 Å². The molecule has 0 saturated carbocycles. The monoisotopic (exact) mass is 1070 g/mol. The van der Waals surface area contributed by atoms with Crippen molar-refractivity contribution in [3.05, 3.63) is 12.2 Å². The molecular formula is C70H137NO5. The maximum Gasteiger partial charge on any atom is 0.305 e. The molecule has 452 valence electrons. The van der Waals surface area contributed by atoms with Gasteiger partial charge in [-0.05, 0) is 51.4 Å². The Bertz CT molecular complexity index is 1140. The van der Waals surface area contributed by atoms with Crippen LogP contribution in [0.2, 0.25) is 0 Å². The standard InChI is InChI=1S/C70H137NO5/c1-3-5-7-9-11-13-15-17-36-40-44-48-52-56-60-64-70(75)76-65-61-57-53-49-45-41-38-35-33-31-29-27-25-23-21-19-18-20-22-24-26-28-30-32-34-37-39-43-47-51-55-59-63-69(74)71-67(66-72)68(73)62-58-54-50-46-42-16-14-12-10-8-6-4-2/h17,36,67-68,72-73H,3-16,18-35,37-66H2,1-2H3,(H,71,74)/b36-17-. The van der Waals surface area contributed by atoms with E-state index >= 15 is 0 Å². The quantitative estimate of drug-likeness (QED) is 0.0320. The zero-order chi connectivity index (χ0) is 55.0. The molecule has 0 aliphatic heterocycles. The molecule has 1 amide bonds. The lowest BCUT2D eigenvalue weighted by Gasteiger charge is -2.22. The number of hydrogen-bond acceptors (Lipinski definition) is 5. The lowest BCUT2D eigenvalue weighted by molar-refractivity contribution is -0.143. The fourth-order valence-electron chi connectivity index (χ4n) is 11.2. The zero-order valence-corrected chi connectivity index (χ0v) is 51.8. The van der Waals surface area contributed by atoms with Crippen molar-refractivity contribution in [3.63, 3.8) is 0 Å². The highest BCUT2D eigenvalue weighted by Crippen LogP contribution is 2.19. The molecule has 0 aliphatic carbocycles. The second-order valence-corrected chi connectivity index (χ2v) is 24.2. The second kappa shape index (κ2) is 66.1. The number of nitrogens with one attached hydrogen (secondary N) is 1. The van der Waals surface area contributed by atoms with E-state index in [1.54, 1.807) is 0 Å². The summed E-state index contributed by atoms with van der Waals surface area (Å²) in [4.78, 5) is 24.5. The Morgan fingerprint density at radius 2 is 0.618 bits per heavy atom. The zero-order valence-electron chi connectivity index (χ0n) is 51.8. The number of carbonyl (C=O) groups is 2.